The molecule has 2 rings (SSSR count). The number of carbonyl (C=O) groups is 1. The molecule has 82 valence electrons. The van der Waals surface area contributed by atoms with Crippen LogP contribution in [0, 0.1) is 0 Å². The highest BCUT2D eigenvalue weighted by molar-refractivity contribution is 9.10. The van der Waals surface area contributed by atoms with Crippen LogP contribution in [-0.4, -0.2) is 5.78 Å². The number of rotatable bonds is 3. The Balaban J connectivity index is 2.17. The van der Waals surface area contributed by atoms with Crippen LogP contribution < -0.4 is 0 Å². The van der Waals surface area contributed by atoms with E-state index in [1.54, 1.807) is 6.92 Å². The van der Waals surface area contributed by atoms with Gasteiger partial charge in [0, 0.05) is 5.92 Å². The quantitative estimate of drug-likeness (QED) is 0.836. The van der Waals surface area contributed by atoms with Crippen molar-refractivity contribution in [2.24, 2.45) is 0 Å². The number of halogens is 1. The molecule has 1 aromatic heterocycles. The van der Waals surface area contributed by atoms with Crippen LogP contribution in [0.5, 0.6) is 0 Å². The minimum atomic E-state index is 0.147. The fourth-order valence-corrected chi connectivity index (χ4v) is 2.89. The number of hydrogen-bond acceptors (Lipinski definition) is 2. The second-order valence-corrected chi connectivity index (χ2v) is 5.14. The van der Waals surface area contributed by atoms with Gasteiger partial charge < -0.3 is 4.42 Å². The molecule has 1 aromatic rings. The van der Waals surface area contributed by atoms with Crippen LogP contribution in [0.3, 0.4) is 0 Å². The van der Waals surface area contributed by atoms with Crippen LogP contribution in [0.1, 0.15) is 50.0 Å². The fraction of sp³-hybridized carbons (Fsp3) is 0.583. The van der Waals surface area contributed by atoms with Gasteiger partial charge in [0.25, 0.3) is 0 Å². The van der Waals surface area contributed by atoms with Crippen LogP contribution in [0.15, 0.2) is 15.0 Å². The zero-order valence-electron chi connectivity index (χ0n) is 8.88. The van der Waals surface area contributed by atoms with Gasteiger partial charge in [-0.15, -0.1) is 0 Å². The average Bonchev–Trinajstić information content (AvgIpc) is 2.72. The molecule has 1 aliphatic carbocycles. The summed E-state index contributed by atoms with van der Waals surface area (Å²) in [5.41, 5.74) is 0. The van der Waals surface area contributed by atoms with Crippen LogP contribution in [0.4, 0.5) is 0 Å². The van der Waals surface area contributed by atoms with Crippen molar-refractivity contribution in [3.8, 4) is 0 Å². The molecule has 0 N–H and O–H groups in total. The summed E-state index contributed by atoms with van der Waals surface area (Å²) in [5.74, 6) is 2.54. The first-order valence-electron chi connectivity index (χ1n) is 5.44. The first kappa shape index (κ1) is 10.9. The van der Waals surface area contributed by atoms with E-state index >= 15 is 0 Å². The number of furan rings is 1. The molecule has 0 saturated heterocycles. The largest absolute Gasteiger partial charge is 0.464 e. The van der Waals surface area contributed by atoms with Crippen molar-refractivity contribution in [2.75, 3.05) is 0 Å². The molecule has 0 amide bonds. The van der Waals surface area contributed by atoms with Crippen molar-refractivity contribution >= 4 is 21.7 Å². The lowest BCUT2D eigenvalue weighted by Gasteiger charge is -2.05. The van der Waals surface area contributed by atoms with Gasteiger partial charge in [-0.1, -0.05) is 12.8 Å². The van der Waals surface area contributed by atoms with Gasteiger partial charge in [-0.2, -0.15) is 0 Å². The van der Waals surface area contributed by atoms with Crippen LogP contribution in [-0.2, 0) is 11.2 Å². The summed E-state index contributed by atoms with van der Waals surface area (Å²) in [5, 5.41) is 0. The molecule has 1 heterocycles. The van der Waals surface area contributed by atoms with Crippen LogP contribution in [0.25, 0.3) is 0 Å². The van der Waals surface area contributed by atoms with Gasteiger partial charge >= 0.3 is 0 Å². The summed E-state index contributed by atoms with van der Waals surface area (Å²) in [6.45, 7) is 1.59. The SMILES string of the molecule is CC(=O)Cc1cc(Br)c(C2CCCC2)o1. The van der Waals surface area contributed by atoms with E-state index in [1.807, 2.05) is 6.07 Å². The Morgan fingerprint density at radius 1 is 1.53 bits per heavy atom. The van der Waals surface area contributed by atoms with Gasteiger partial charge in [0.1, 0.15) is 17.3 Å². The van der Waals surface area contributed by atoms with Gasteiger partial charge in [-0.3, -0.25) is 4.79 Å². The van der Waals surface area contributed by atoms with Crippen molar-refractivity contribution in [2.45, 2.75) is 44.9 Å². The highest BCUT2D eigenvalue weighted by atomic mass is 79.9. The highest BCUT2D eigenvalue weighted by Crippen LogP contribution is 2.39. The zero-order chi connectivity index (χ0) is 10.8. The molecular weight excluding hydrogens is 256 g/mol. The molecule has 2 nitrogen and oxygen atoms in total. The van der Waals surface area contributed by atoms with E-state index in [2.05, 4.69) is 15.9 Å². The maximum absolute atomic E-state index is 11.0. The van der Waals surface area contributed by atoms with Gasteiger partial charge in [0.15, 0.2) is 0 Å². The lowest BCUT2D eigenvalue weighted by atomic mass is 10.1. The Labute approximate surface area is 98.2 Å². The summed E-state index contributed by atoms with van der Waals surface area (Å²) in [4.78, 5) is 11.0. The summed E-state index contributed by atoms with van der Waals surface area (Å²) in [6.07, 6.45) is 5.42. The minimum absolute atomic E-state index is 0.147. The van der Waals surface area contributed by atoms with Gasteiger partial charge in [-0.25, -0.2) is 0 Å². The zero-order valence-corrected chi connectivity index (χ0v) is 10.5. The molecule has 1 saturated carbocycles. The monoisotopic (exact) mass is 270 g/mol. The highest BCUT2D eigenvalue weighted by Gasteiger charge is 2.23. The maximum atomic E-state index is 11.0. The molecule has 0 aromatic carbocycles. The van der Waals surface area contributed by atoms with E-state index in [-0.39, 0.29) is 5.78 Å². The van der Waals surface area contributed by atoms with Crippen molar-refractivity contribution in [1.82, 2.24) is 0 Å². The predicted octanol–water partition coefficient (Wildman–Crippen LogP) is 3.83. The van der Waals surface area contributed by atoms with Crippen molar-refractivity contribution < 1.29 is 9.21 Å². The van der Waals surface area contributed by atoms with E-state index in [0.29, 0.717) is 12.3 Å². The van der Waals surface area contributed by atoms with Crippen LogP contribution in [0.2, 0.25) is 0 Å². The number of hydrogen-bond donors (Lipinski definition) is 0. The normalized spacial score (nSPS) is 17.2. The van der Waals surface area contributed by atoms with Gasteiger partial charge in [0.05, 0.1) is 10.9 Å². The molecule has 0 atom stereocenters. The van der Waals surface area contributed by atoms with Crippen LogP contribution >= 0.6 is 15.9 Å². The molecule has 15 heavy (non-hydrogen) atoms. The Bertz CT molecular complexity index is 362. The standard InChI is InChI=1S/C12H15BrO2/c1-8(14)6-10-7-11(13)12(15-10)9-4-2-3-5-9/h7,9H,2-6H2,1H3. The molecule has 0 unspecified atom stereocenters. The maximum Gasteiger partial charge on any atom is 0.137 e. The second-order valence-electron chi connectivity index (χ2n) is 4.29. The lowest BCUT2D eigenvalue weighted by Crippen LogP contribution is -1.94. The lowest BCUT2D eigenvalue weighted by molar-refractivity contribution is -0.116. The Hall–Kier alpha value is -0.570. The average molecular weight is 271 g/mol. The predicted molar refractivity (Wildman–Crippen MR) is 62.0 cm³/mol. The molecule has 0 radical (unpaired) electrons. The van der Waals surface area contributed by atoms with Crippen molar-refractivity contribution in [1.29, 1.82) is 0 Å². The third kappa shape index (κ3) is 2.51. The third-order valence-electron chi connectivity index (χ3n) is 2.91. The van der Waals surface area contributed by atoms with Gasteiger partial charge in [-0.05, 0) is 41.8 Å². The summed E-state index contributed by atoms with van der Waals surface area (Å²) >= 11 is 3.51. The molecule has 1 aliphatic rings. The second kappa shape index (κ2) is 4.52. The van der Waals surface area contributed by atoms with Crippen molar-refractivity contribution in [3.63, 3.8) is 0 Å². The molecule has 0 aliphatic heterocycles. The van der Waals surface area contributed by atoms with E-state index in [1.165, 1.54) is 25.7 Å². The first-order chi connectivity index (χ1) is 7.16. The molecule has 3 heteroatoms. The Morgan fingerprint density at radius 3 is 2.80 bits per heavy atom. The van der Waals surface area contributed by atoms with E-state index in [4.69, 9.17) is 4.42 Å². The molecule has 0 bridgehead atoms. The topological polar surface area (TPSA) is 30.2 Å². The van der Waals surface area contributed by atoms with E-state index < -0.39 is 0 Å². The number of Topliss-reactive ketones (excluding diaryl/α,β-unsaturated/α-hetero) is 1. The minimum Gasteiger partial charge on any atom is -0.464 e. The first-order valence-corrected chi connectivity index (χ1v) is 6.23. The molecule has 1 fully saturated rings. The molecular formula is C12H15BrO2. The van der Waals surface area contributed by atoms with Gasteiger partial charge in [0.2, 0.25) is 0 Å². The van der Waals surface area contributed by atoms with Crippen molar-refractivity contribution in [3.05, 3.63) is 22.1 Å². The number of carbonyl (C=O) groups excluding carboxylic acids is 1. The fourth-order valence-electron chi connectivity index (χ4n) is 2.23. The molecule has 0 spiro atoms. The van der Waals surface area contributed by atoms with E-state index in [9.17, 15) is 4.79 Å². The smallest absolute Gasteiger partial charge is 0.137 e. The summed E-state index contributed by atoms with van der Waals surface area (Å²) < 4.78 is 6.77. The number of ketones is 1. The summed E-state index contributed by atoms with van der Waals surface area (Å²) in [7, 11) is 0. The Kier molecular flexibility index (Phi) is 3.29. The van der Waals surface area contributed by atoms with E-state index in [0.717, 1.165) is 16.0 Å². The Morgan fingerprint density at radius 2 is 2.20 bits per heavy atom. The summed E-state index contributed by atoms with van der Waals surface area (Å²) in [6, 6.07) is 1.94. The third-order valence-corrected chi connectivity index (χ3v) is 3.53.